The molecule has 0 atom stereocenters. The van der Waals surface area contributed by atoms with Gasteiger partial charge in [0.05, 0.1) is 17.8 Å². The Morgan fingerprint density at radius 1 is 0.824 bits per heavy atom. The van der Waals surface area contributed by atoms with E-state index in [4.69, 9.17) is 25.8 Å². The number of hydrogen-bond acceptors (Lipinski definition) is 6. The van der Waals surface area contributed by atoms with Crippen molar-refractivity contribution in [3.8, 4) is 23.1 Å². The molecule has 2 heterocycles. The van der Waals surface area contributed by atoms with Crippen LogP contribution in [0.5, 0.6) is 23.1 Å². The average Bonchev–Trinajstić information content (AvgIpc) is 3.14. The van der Waals surface area contributed by atoms with Crippen LogP contribution in [0, 0.1) is 19.7 Å². The Hall–Kier alpha value is -5.18. The molecule has 5 aromatic rings. The molecule has 1 saturated heterocycles. The van der Waals surface area contributed by atoms with Crippen LogP contribution < -0.4 is 14.2 Å². The SMILES string of the molecule is Cc1ccc(OCCc2ccc(CN3CCN(C(=O)C=Cc4cc(C)c(Oc5ccc(OCc6ccc(F)cc6)cn5)c(Cl)c4)CC3)cc2)cc1. The first-order chi connectivity index (χ1) is 24.8. The summed E-state index contributed by atoms with van der Waals surface area (Å²) in [6.07, 6.45) is 5.82. The Morgan fingerprint density at radius 3 is 2.20 bits per heavy atom. The molecule has 0 radical (unpaired) electrons. The molecule has 1 aliphatic heterocycles. The van der Waals surface area contributed by atoms with E-state index in [1.165, 1.54) is 28.8 Å². The van der Waals surface area contributed by atoms with Gasteiger partial charge < -0.3 is 19.1 Å². The normalized spacial score (nSPS) is 13.4. The van der Waals surface area contributed by atoms with Crippen LogP contribution in [-0.4, -0.2) is 53.5 Å². The predicted molar refractivity (Wildman–Crippen MR) is 199 cm³/mol. The van der Waals surface area contributed by atoms with Gasteiger partial charge >= 0.3 is 0 Å². The number of aryl methyl sites for hydroxylation is 2. The second-order valence-corrected chi connectivity index (χ2v) is 13.1. The summed E-state index contributed by atoms with van der Waals surface area (Å²) in [6, 6.07) is 30.1. The van der Waals surface area contributed by atoms with Gasteiger partial charge in [-0.1, -0.05) is 65.7 Å². The quantitative estimate of drug-likeness (QED) is 0.114. The number of ether oxygens (including phenoxy) is 3. The van der Waals surface area contributed by atoms with Crippen molar-refractivity contribution < 1.29 is 23.4 Å². The summed E-state index contributed by atoms with van der Waals surface area (Å²) in [6.45, 7) is 8.74. The average molecular weight is 706 g/mol. The molecule has 9 heteroatoms. The minimum Gasteiger partial charge on any atom is -0.493 e. The number of pyridine rings is 1. The molecule has 1 aromatic heterocycles. The van der Waals surface area contributed by atoms with Gasteiger partial charge in [-0.3, -0.25) is 9.69 Å². The third kappa shape index (κ3) is 10.4. The second-order valence-electron chi connectivity index (χ2n) is 12.7. The van der Waals surface area contributed by atoms with E-state index in [2.05, 4.69) is 53.2 Å². The lowest BCUT2D eigenvalue weighted by Crippen LogP contribution is -2.47. The second kappa shape index (κ2) is 17.2. The van der Waals surface area contributed by atoms with E-state index in [9.17, 15) is 9.18 Å². The number of rotatable bonds is 13. The van der Waals surface area contributed by atoms with Crippen molar-refractivity contribution in [1.82, 2.24) is 14.8 Å². The van der Waals surface area contributed by atoms with Crippen LogP contribution in [0.4, 0.5) is 4.39 Å². The standard InChI is InChI=1S/C42H41ClFN3O4/c1-30-3-14-37(15-4-30)49-24-19-32-5-7-33(8-6-32)28-46-20-22-47(23-21-46)41(48)18-11-35-25-31(2)42(39(43)26-35)51-40-17-16-38(27-45-40)50-29-34-9-12-36(44)13-10-34/h3-18,25-27H,19-24,28-29H2,1-2H3. The van der Waals surface area contributed by atoms with Gasteiger partial charge in [0.25, 0.3) is 0 Å². The highest BCUT2D eigenvalue weighted by molar-refractivity contribution is 6.32. The highest BCUT2D eigenvalue weighted by Crippen LogP contribution is 2.34. The van der Waals surface area contributed by atoms with E-state index in [1.807, 2.05) is 30.0 Å². The molecule has 4 aromatic carbocycles. The number of amides is 1. The zero-order valence-corrected chi connectivity index (χ0v) is 29.6. The number of benzene rings is 4. The van der Waals surface area contributed by atoms with Gasteiger partial charge in [-0.25, -0.2) is 9.37 Å². The van der Waals surface area contributed by atoms with Gasteiger partial charge in [-0.05, 0) is 90.2 Å². The smallest absolute Gasteiger partial charge is 0.246 e. The summed E-state index contributed by atoms with van der Waals surface area (Å²) in [4.78, 5) is 21.6. The largest absolute Gasteiger partial charge is 0.493 e. The molecule has 1 fully saturated rings. The van der Waals surface area contributed by atoms with Gasteiger partial charge in [0.15, 0.2) is 5.75 Å². The highest BCUT2D eigenvalue weighted by atomic mass is 35.5. The third-order valence-corrected chi connectivity index (χ3v) is 8.98. The van der Waals surface area contributed by atoms with Crippen LogP contribution in [0.25, 0.3) is 6.08 Å². The molecule has 0 aliphatic carbocycles. The van der Waals surface area contributed by atoms with Crippen molar-refractivity contribution >= 4 is 23.6 Å². The number of carbonyl (C=O) groups is 1. The predicted octanol–water partition coefficient (Wildman–Crippen LogP) is 8.84. The van der Waals surface area contributed by atoms with Crippen molar-refractivity contribution in [3.05, 3.63) is 154 Å². The maximum atomic E-state index is 13.1. The number of carbonyl (C=O) groups excluding carboxylic acids is 1. The van der Waals surface area contributed by atoms with Gasteiger partial charge in [0.1, 0.15) is 23.9 Å². The zero-order valence-electron chi connectivity index (χ0n) is 28.9. The van der Waals surface area contributed by atoms with Crippen molar-refractivity contribution in [2.75, 3.05) is 32.8 Å². The third-order valence-electron chi connectivity index (χ3n) is 8.70. The number of nitrogens with zero attached hydrogens (tertiary/aromatic N) is 3. The minimum atomic E-state index is -0.288. The lowest BCUT2D eigenvalue weighted by Gasteiger charge is -2.34. The first-order valence-electron chi connectivity index (χ1n) is 17.1. The number of hydrogen-bond donors (Lipinski definition) is 0. The van der Waals surface area contributed by atoms with E-state index in [1.54, 1.807) is 48.7 Å². The first-order valence-corrected chi connectivity index (χ1v) is 17.4. The summed E-state index contributed by atoms with van der Waals surface area (Å²) in [7, 11) is 0. The minimum absolute atomic E-state index is 0.0214. The monoisotopic (exact) mass is 705 g/mol. The van der Waals surface area contributed by atoms with E-state index >= 15 is 0 Å². The number of aromatic nitrogens is 1. The number of halogens is 2. The van der Waals surface area contributed by atoms with Gasteiger partial charge in [0.2, 0.25) is 11.8 Å². The van der Waals surface area contributed by atoms with E-state index in [0.29, 0.717) is 48.7 Å². The van der Waals surface area contributed by atoms with Crippen molar-refractivity contribution in [2.45, 2.75) is 33.4 Å². The fraction of sp³-hybridized carbons (Fsp3) is 0.238. The zero-order chi connectivity index (χ0) is 35.6. The first kappa shape index (κ1) is 35.6. The van der Waals surface area contributed by atoms with Gasteiger partial charge in [-0.2, -0.15) is 0 Å². The highest BCUT2D eigenvalue weighted by Gasteiger charge is 2.20. The molecule has 51 heavy (non-hydrogen) atoms. The van der Waals surface area contributed by atoms with E-state index < -0.39 is 0 Å². The summed E-state index contributed by atoms with van der Waals surface area (Å²) >= 11 is 6.60. The molecular weight excluding hydrogens is 665 g/mol. The Kier molecular flexibility index (Phi) is 12.0. The van der Waals surface area contributed by atoms with Crippen molar-refractivity contribution in [3.63, 3.8) is 0 Å². The molecule has 1 amide bonds. The maximum Gasteiger partial charge on any atom is 0.246 e. The molecule has 1 aliphatic rings. The molecule has 0 spiro atoms. The fourth-order valence-corrected chi connectivity index (χ4v) is 6.05. The Balaban J connectivity index is 0.931. The van der Waals surface area contributed by atoms with Gasteiger partial charge in [0, 0.05) is 51.3 Å². The fourth-order valence-electron chi connectivity index (χ4n) is 5.74. The molecule has 0 N–H and O–H groups in total. The Labute approximate surface area is 303 Å². The van der Waals surface area contributed by atoms with Crippen LogP contribution in [0.1, 0.15) is 33.4 Å². The molecule has 7 nitrogen and oxygen atoms in total. The molecule has 0 bridgehead atoms. The molecule has 0 saturated carbocycles. The summed E-state index contributed by atoms with van der Waals surface area (Å²) < 4.78 is 30.7. The summed E-state index contributed by atoms with van der Waals surface area (Å²) in [5.74, 6) is 2.00. The summed E-state index contributed by atoms with van der Waals surface area (Å²) in [5.41, 5.74) is 6.20. The Morgan fingerprint density at radius 2 is 1.51 bits per heavy atom. The van der Waals surface area contributed by atoms with Crippen LogP contribution in [-0.2, 0) is 24.4 Å². The van der Waals surface area contributed by atoms with Gasteiger partial charge in [-0.15, -0.1) is 0 Å². The van der Waals surface area contributed by atoms with E-state index in [0.717, 1.165) is 48.5 Å². The van der Waals surface area contributed by atoms with Crippen LogP contribution in [0.3, 0.4) is 0 Å². The van der Waals surface area contributed by atoms with E-state index in [-0.39, 0.29) is 11.7 Å². The molecule has 6 rings (SSSR count). The lowest BCUT2D eigenvalue weighted by atomic mass is 10.1. The van der Waals surface area contributed by atoms with Crippen LogP contribution in [0.2, 0.25) is 5.02 Å². The van der Waals surface area contributed by atoms with Crippen LogP contribution >= 0.6 is 11.6 Å². The molecule has 0 unspecified atom stereocenters. The number of piperazine rings is 1. The lowest BCUT2D eigenvalue weighted by molar-refractivity contribution is -0.127. The summed E-state index contributed by atoms with van der Waals surface area (Å²) in [5, 5.41) is 0.415. The van der Waals surface area contributed by atoms with Crippen LogP contribution in [0.15, 0.2) is 109 Å². The van der Waals surface area contributed by atoms with Crippen molar-refractivity contribution in [1.29, 1.82) is 0 Å². The Bertz CT molecular complexity index is 1900. The maximum absolute atomic E-state index is 13.1. The molecular formula is C42H41ClFN3O4. The topological polar surface area (TPSA) is 64.1 Å². The molecule has 262 valence electrons. The van der Waals surface area contributed by atoms with Crippen molar-refractivity contribution in [2.24, 2.45) is 0 Å².